The van der Waals surface area contributed by atoms with Crippen LogP contribution in [0.1, 0.15) is 51.3 Å². The number of aryl methyl sites for hydroxylation is 1. The maximum absolute atomic E-state index is 12.0. The highest BCUT2D eigenvalue weighted by Crippen LogP contribution is 2.23. The predicted octanol–water partition coefficient (Wildman–Crippen LogP) is 1.19. The third-order valence-electron chi connectivity index (χ3n) is 4.13. The molecule has 142 valence electrons. The number of hydrogen-bond acceptors (Lipinski definition) is 5. The Morgan fingerprint density at radius 2 is 1.96 bits per heavy atom. The number of hydrogen-bond donors (Lipinski definition) is 3. The number of anilines is 1. The summed E-state index contributed by atoms with van der Waals surface area (Å²) < 4.78 is 1.58. The fourth-order valence-electron chi connectivity index (χ4n) is 2.62. The predicted molar refractivity (Wildman–Crippen MR) is 98.8 cm³/mol. The molecule has 0 spiro atoms. The summed E-state index contributed by atoms with van der Waals surface area (Å²) in [4.78, 5) is 28.1. The summed E-state index contributed by atoms with van der Waals surface area (Å²) in [5.41, 5.74) is 0. The number of halogens is 1. The average Bonchev–Trinajstić information content (AvgIpc) is 2.92. The molecule has 0 saturated carbocycles. The topological polar surface area (TPSA) is 101 Å². The minimum atomic E-state index is -0.291. The molecular weight excluding hydrogens is 344 g/mol. The van der Waals surface area contributed by atoms with Gasteiger partial charge in [-0.15, -0.1) is 12.4 Å². The number of amides is 2. The van der Waals surface area contributed by atoms with Crippen LogP contribution in [0.3, 0.4) is 0 Å². The third-order valence-corrected chi connectivity index (χ3v) is 4.13. The van der Waals surface area contributed by atoms with E-state index >= 15 is 0 Å². The molecule has 0 aromatic carbocycles. The minimum Gasteiger partial charge on any atom is -0.347 e. The molecule has 0 aliphatic carbocycles. The van der Waals surface area contributed by atoms with E-state index in [0.29, 0.717) is 24.2 Å². The van der Waals surface area contributed by atoms with Gasteiger partial charge in [-0.2, -0.15) is 10.1 Å². The first-order chi connectivity index (χ1) is 11.5. The van der Waals surface area contributed by atoms with E-state index in [0.717, 1.165) is 38.2 Å². The number of piperidine rings is 1. The van der Waals surface area contributed by atoms with Gasteiger partial charge < -0.3 is 10.6 Å². The first kappa shape index (κ1) is 21.4. The van der Waals surface area contributed by atoms with Crippen molar-refractivity contribution >= 4 is 30.2 Å². The fourth-order valence-corrected chi connectivity index (χ4v) is 2.62. The normalized spacial score (nSPS) is 14.9. The van der Waals surface area contributed by atoms with Crippen LogP contribution >= 0.6 is 12.4 Å². The van der Waals surface area contributed by atoms with E-state index in [1.54, 1.807) is 11.7 Å². The number of aromatic nitrogens is 3. The number of nitrogens with zero attached hydrogens (tertiary/aromatic N) is 3. The molecule has 2 heterocycles. The van der Waals surface area contributed by atoms with E-state index in [1.165, 1.54) is 0 Å². The van der Waals surface area contributed by atoms with Crippen LogP contribution in [0.25, 0.3) is 0 Å². The highest BCUT2D eigenvalue weighted by Gasteiger charge is 2.21. The molecule has 1 aromatic heterocycles. The molecule has 2 amide bonds. The maximum Gasteiger partial charge on any atom is 0.246 e. The second kappa shape index (κ2) is 10.4. The summed E-state index contributed by atoms with van der Waals surface area (Å²) in [5, 5.41) is 13.1. The van der Waals surface area contributed by atoms with Gasteiger partial charge >= 0.3 is 0 Å². The third kappa shape index (κ3) is 6.99. The summed E-state index contributed by atoms with van der Waals surface area (Å²) >= 11 is 0. The summed E-state index contributed by atoms with van der Waals surface area (Å²) in [7, 11) is 1.76. The monoisotopic (exact) mass is 372 g/mol. The van der Waals surface area contributed by atoms with Crippen LogP contribution in [0.15, 0.2) is 0 Å². The van der Waals surface area contributed by atoms with Gasteiger partial charge in [-0.3, -0.25) is 14.9 Å². The van der Waals surface area contributed by atoms with Crippen LogP contribution in [0, 0.1) is 5.92 Å². The van der Waals surface area contributed by atoms with Crippen LogP contribution in [-0.2, 0) is 16.6 Å². The molecule has 2 rings (SSSR count). The van der Waals surface area contributed by atoms with Crippen molar-refractivity contribution in [2.75, 3.05) is 25.0 Å². The van der Waals surface area contributed by atoms with Crippen LogP contribution in [0.2, 0.25) is 0 Å². The maximum atomic E-state index is 12.0. The van der Waals surface area contributed by atoms with Gasteiger partial charge in [-0.1, -0.05) is 13.8 Å². The quantitative estimate of drug-likeness (QED) is 0.667. The van der Waals surface area contributed by atoms with Crippen molar-refractivity contribution in [2.24, 2.45) is 13.0 Å². The molecule has 1 aromatic rings. The number of carbonyl (C=O) groups excluding carboxylic acids is 2. The van der Waals surface area contributed by atoms with Crippen molar-refractivity contribution < 1.29 is 9.59 Å². The van der Waals surface area contributed by atoms with E-state index in [9.17, 15) is 9.59 Å². The highest BCUT2D eigenvalue weighted by atomic mass is 35.5. The Hall–Kier alpha value is -1.67. The SMILES string of the molecule is CC(C)CCC(=O)NCC(=O)Nc1nc(C2CCNCC2)nn1C.Cl. The van der Waals surface area contributed by atoms with Gasteiger partial charge in [0.1, 0.15) is 0 Å². The average molecular weight is 373 g/mol. The van der Waals surface area contributed by atoms with Crippen LogP contribution in [0.4, 0.5) is 5.95 Å². The fraction of sp³-hybridized carbons (Fsp3) is 0.750. The van der Waals surface area contributed by atoms with Crippen molar-refractivity contribution in [2.45, 2.75) is 45.4 Å². The lowest BCUT2D eigenvalue weighted by atomic mass is 9.98. The summed E-state index contributed by atoms with van der Waals surface area (Å²) in [5.74, 6) is 1.60. The molecule has 1 saturated heterocycles. The molecule has 0 radical (unpaired) electrons. The van der Waals surface area contributed by atoms with E-state index in [1.807, 2.05) is 0 Å². The largest absolute Gasteiger partial charge is 0.347 e. The number of carbonyl (C=O) groups is 2. The minimum absolute atomic E-state index is 0. The zero-order valence-corrected chi connectivity index (χ0v) is 16.0. The zero-order chi connectivity index (χ0) is 17.5. The highest BCUT2D eigenvalue weighted by molar-refractivity contribution is 5.93. The van der Waals surface area contributed by atoms with E-state index in [4.69, 9.17) is 0 Å². The standard InChI is InChI=1S/C16H28N6O2.ClH/c1-11(2)4-5-13(23)18-10-14(24)19-16-20-15(21-22(16)3)12-6-8-17-9-7-12;/h11-12,17H,4-10H2,1-3H3,(H,18,23)(H,19,20,21,24);1H. The van der Waals surface area contributed by atoms with E-state index < -0.39 is 0 Å². The molecule has 1 aliphatic heterocycles. The van der Waals surface area contributed by atoms with Crippen LogP contribution < -0.4 is 16.0 Å². The summed E-state index contributed by atoms with van der Waals surface area (Å²) in [6, 6.07) is 0. The van der Waals surface area contributed by atoms with Crippen molar-refractivity contribution in [1.29, 1.82) is 0 Å². The Bertz CT molecular complexity index is 569. The molecule has 1 aliphatic rings. The van der Waals surface area contributed by atoms with Crippen molar-refractivity contribution in [3.05, 3.63) is 5.82 Å². The molecule has 0 bridgehead atoms. The van der Waals surface area contributed by atoms with Gasteiger partial charge in [0.2, 0.25) is 17.8 Å². The number of rotatable bonds is 7. The first-order valence-corrected chi connectivity index (χ1v) is 8.64. The van der Waals surface area contributed by atoms with Gasteiger partial charge in [-0.05, 0) is 38.3 Å². The van der Waals surface area contributed by atoms with Crippen molar-refractivity contribution in [3.8, 4) is 0 Å². The molecule has 1 fully saturated rings. The second-order valence-electron chi connectivity index (χ2n) is 6.70. The molecular formula is C16H29ClN6O2. The van der Waals surface area contributed by atoms with Crippen LogP contribution in [0.5, 0.6) is 0 Å². The molecule has 0 unspecified atom stereocenters. The van der Waals surface area contributed by atoms with Gasteiger partial charge in [0.05, 0.1) is 6.54 Å². The lowest BCUT2D eigenvalue weighted by Gasteiger charge is -2.19. The Labute approximate surface area is 154 Å². The Kier molecular flexibility index (Phi) is 8.85. The zero-order valence-electron chi connectivity index (χ0n) is 15.2. The molecule has 3 N–H and O–H groups in total. The molecule has 0 atom stereocenters. The number of nitrogens with one attached hydrogen (secondary N) is 3. The van der Waals surface area contributed by atoms with Crippen molar-refractivity contribution in [1.82, 2.24) is 25.4 Å². The Morgan fingerprint density at radius 1 is 1.28 bits per heavy atom. The Morgan fingerprint density at radius 3 is 2.60 bits per heavy atom. The second-order valence-corrected chi connectivity index (χ2v) is 6.70. The summed E-state index contributed by atoms with van der Waals surface area (Å²) in [6.45, 7) is 6.01. The van der Waals surface area contributed by atoms with Gasteiger partial charge in [0, 0.05) is 19.4 Å². The smallest absolute Gasteiger partial charge is 0.246 e. The van der Waals surface area contributed by atoms with Gasteiger partial charge in [0.15, 0.2) is 5.82 Å². The lowest BCUT2D eigenvalue weighted by molar-refractivity contribution is -0.124. The molecule has 8 nitrogen and oxygen atoms in total. The van der Waals surface area contributed by atoms with Gasteiger partial charge in [0.25, 0.3) is 0 Å². The van der Waals surface area contributed by atoms with Crippen molar-refractivity contribution in [3.63, 3.8) is 0 Å². The molecule has 9 heteroatoms. The first-order valence-electron chi connectivity index (χ1n) is 8.64. The molecule has 25 heavy (non-hydrogen) atoms. The van der Waals surface area contributed by atoms with Gasteiger partial charge in [-0.25, -0.2) is 4.68 Å². The van der Waals surface area contributed by atoms with Crippen LogP contribution in [-0.4, -0.2) is 46.2 Å². The summed E-state index contributed by atoms with van der Waals surface area (Å²) in [6.07, 6.45) is 3.26. The van der Waals surface area contributed by atoms with E-state index in [2.05, 4.69) is 39.9 Å². The lowest BCUT2D eigenvalue weighted by Crippen LogP contribution is -2.33. The van der Waals surface area contributed by atoms with E-state index in [-0.39, 0.29) is 30.8 Å². The Balaban J connectivity index is 0.00000312.